The largest absolute Gasteiger partial charge is 0.485 e. The monoisotopic (exact) mass is 499 g/mol. The summed E-state index contributed by atoms with van der Waals surface area (Å²) in [7, 11) is 1.99. The number of piperidine rings is 1. The van der Waals surface area contributed by atoms with Crippen LogP contribution in [0.25, 0.3) is 0 Å². The van der Waals surface area contributed by atoms with Crippen LogP contribution in [0.1, 0.15) is 56.6 Å². The molecule has 2 saturated heterocycles. The van der Waals surface area contributed by atoms with Crippen LogP contribution in [0.15, 0.2) is 41.8 Å². The molecule has 2 atom stereocenters. The topological polar surface area (TPSA) is 54.0 Å². The van der Waals surface area contributed by atoms with Crippen molar-refractivity contribution in [3.05, 3.63) is 52.2 Å². The highest BCUT2D eigenvalue weighted by Crippen LogP contribution is 2.34. The third-order valence-corrected chi connectivity index (χ3v) is 8.33. The number of amides is 1. The van der Waals surface area contributed by atoms with E-state index in [4.69, 9.17) is 9.47 Å². The summed E-state index contributed by atoms with van der Waals surface area (Å²) in [6.45, 7) is 10.7. The Morgan fingerprint density at radius 2 is 1.97 bits per heavy atom. The molecule has 0 aliphatic carbocycles. The van der Waals surface area contributed by atoms with E-state index in [-0.39, 0.29) is 29.8 Å². The van der Waals surface area contributed by atoms with Crippen molar-refractivity contribution in [2.45, 2.75) is 70.3 Å². The van der Waals surface area contributed by atoms with Crippen LogP contribution in [0.4, 0.5) is 0 Å². The van der Waals surface area contributed by atoms with E-state index >= 15 is 0 Å². The fourth-order valence-electron chi connectivity index (χ4n) is 5.25. The van der Waals surface area contributed by atoms with Crippen LogP contribution in [0.5, 0.6) is 5.75 Å². The molecule has 1 amide bonds. The highest BCUT2D eigenvalue weighted by molar-refractivity contribution is 7.10. The molecule has 3 heterocycles. The molecule has 1 unspecified atom stereocenters. The van der Waals surface area contributed by atoms with Crippen LogP contribution in [0.3, 0.4) is 0 Å². The van der Waals surface area contributed by atoms with Gasteiger partial charge in [-0.1, -0.05) is 24.3 Å². The molecular weight excluding hydrogens is 458 g/mol. The summed E-state index contributed by atoms with van der Waals surface area (Å²) >= 11 is 1.76. The highest BCUT2D eigenvalue weighted by Gasteiger charge is 2.45. The van der Waals surface area contributed by atoms with E-state index in [0.29, 0.717) is 0 Å². The molecule has 192 valence electrons. The number of carbonyl (C=O) groups is 1. The van der Waals surface area contributed by atoms with Crippen LogP contribution in [-0.2, 0) is 16.0 Å². The first-order valence-corrected chi connectivity index (χ1v) is 13.9. The number of likely N-dealkylation sites (tertiary alicyclic amines) is 1. The Hall–Kier alpha value is -1.93. The van der Waals surface area contributed by atoms with Crippen LogP contribution in [0.2, 0.25) is 0 Å². The third kappa shape index (κ3) is 6.45. The Balaban J connectivity index is 1.34. The zero-order valence-electron chi connectivity index (χ0n) is 21.7. The molecule has 2 aliphatic rings. The molecule has 1 aromatic carbocycles. The van der Waals surface area contributed by atoms with E-state index < -0.39 is 0 Å². The fourth-order valence-corrected chi connectivity index (χ4v) is 6.04. The Morgan fingerprint density at radius 1 is 1.20 bits per heavy atom. The van der Waals surface area contributed by atoms with Gasteiger partial charge in [-0.25, -0.2) is 0 Å². The lowest BCUT2D eigenvalue weighted by molar-refractivity contribution is -0.192. The van der Waals surface area contributed by atoms with Gasteiger partial charge in [-0.05, 0) is 76.7 Å². The highest BCUT2D eigenvalue weighted by atomic mass is 32.1. The number of benzene rings is 1. The van der Waals surface area contributed by atoms with Gasteiger partial charge in [0.2, 0.25) is 0 Å². The van der Waals surface area contributed by atoms with Gasteiger partial charge in [0.25, 0.3) is 5.91 Å². The molecule has 6 nitrogen and oxygen atoms in total. The molecular formula is C28H41N3O3S. The lowest BCUT2D eigenvalue weighted by Gasteiger charge is -2.50. The van der Waals surface area contributed by atoms with Crippen LogP contribution >= 0.6 is 11.3 Å². The van der Waals surface area contributed by atoms with Gasteiger partial charge in [-0.3, -0.25) is 4.79 Å². The van der Waals surface area contributed by atoms with E-state index in [9.17, 15) is 4.79 Å². The molecule has 2 fully saturated rings. The van der Waals surface area contributed by atoms with Gasteiger partial charge >= 0.3 is 0 Å². The average Bonchev–Trinajstić information content (AvgIpc) is 3.39. The zero-order valence-corrected chi connectivity index (χ0v) is 22.5. The van der Waals surface area contributed by atoms with Gasteiger partial charge < -0.3 is 24.6 Å². The molecule has 0 bridgehead atoms. The molecule has 2 aromatic rings. The van der Waals surface area contributed by atoms with Crippen molar-refractivity contribution in [2.75, 3.05) is 39.8 Å². The second-order valence-corrected chi connectivity index (χ2v) is 11.2. The second kappa shape index (κ2) is 11.9. The average molecular weight is 500 g/mol. The van der Waals surface area contributed by atoms with Gasteiger partial charge in [0.1, 0.15) is 18.0 Å². The Morgan fingerprint density at radius 3 is 2.66 bits per heavy atom. The van der Waals surface area contributed by atoms with E-state index in [1.54, 1.807) is 11.3 Å². The van der Waals surface area contributed by atoms with E-state index in [2.05, 4.69) is 65.8 Å². The summed E-state index contributed by atoms with van der Waals surface area (Å²) in [5.74, 6) is 1.12. The summed E-state index contributed by atoms with van der Waals surface area (Å²) in [6, 6.07) is 13.0. The fraction of sp³-hybridized carbons (Fsp3) is 0.607. The van der Waals surface area contributed by atoms with Crippen molar-refractivity contribution in [3.63, 3.8) is 0 Å². The molecule has 1 aromatic heterocycles. The maximum absolute atomic E-state index is 12.5. The second-order valence-electron chi connectivity index (χ2n) is 10.2. The van der Waals surface area contributed by atoms with Crippen LogP contribution in [0, 0.1) is 0 Å². The zero-order chi connectivity index (χ0) is 24.8. The number of carbonyl (C=O) groups excluding carboxylic acids is 1. The van der Waals surface area contributed by atoms with Gasteiger partial charge in [0, 0.05) is 37.0 Å². The Kier molecular flexibility index (Phi) is 8.87. The molecule has 4 rings (SSSR count). The number of para-hydroxylation sites is 1. The number of ether oxygens (including phenoxy) is 2. The molecule has 0 saturated carbocycles. The van der Waals surface area contributed by atoms with Crippen LogP contribution in [-0.4, -0.2) is 73.2 Å². The molecule has 7 heteroatoms. The maximum Gasteiger partial charge on any atom is 0.251 e. The first-order chi connectivity index (χ1) is 16.9. The number of hydrogen-bond donors (Lipinski definition) is 1. The van der Waals surface area contributed by atoms with Gasteiger partial charge in [-0.2, -0.15) is 0 Å². The number of nitrogens with one attached hydrogen (secondary N) is 1. The Labute approximate surface area is 214 Å². The van der Waals surface area contributed by atoms with Gasteiger partial charge in [-0.15, -0.1) is 11.3 Å². The lowest BCUT2D eigenvalue weighted by Crippen LogP contribution is -2.62. The van der Waals surface area contributed by atoms with Crippen molar-refractivity contribution >= 4 is 17.2 Å². The number of rotatable bonds is 10. The first-order valence-electron chi connectivity index (χ1n) is 13.0. The molecule has 0 radical (unpaired) electrons. The predicted octanol–water partition coefficient (Wildman–Crippen LogP) is 4.51. The minimum absolute atomic E-state index is 0.0653. The SMILES string of the molecule is CNCC[C@H](Oc1ccccc1CCN1CCC2(CC1)CN(C(C)C)C(=O)C(C)O2)c1cccs1. The van der Waals surface area contributed by atoms with Crippen molar-refractivity contribution in [1.82, 2.24) is 15.1 Å². The van der Waals surface area contributed by atoms with Crippen molar-refractivity contribution in [2.24, 2.45) is 0 Å². The molecule has 1 spiro atoms. The number of hydrogen-bond acceptors (Lipinski definition) is 6. The summed E-state index contributed by atoms with van der Waals surface area (Å²) in [4.78, 5) is 18.3. The summed E-state index contributed by atoms with van der Waals surface area (Å²) in [5.41, 5.74) is 1.06. The van der Waals surface area contributed by atoms with Crippen molar-refractivity contribution in [3.8, 4) is 5.75 Å². The first kappa shape index (κ1) is 26.1. The van der Waals surface area contributed by atoms with Crippen molar-refractivity contribution < 1.29 is 14.3 Å². The summed E-state index contributed by atoms with van der Waals surface area (Å²) in [5, 5.41) is 5.37. The van der Waals surface area contributed by atoms with Gasteiger partial charge in [0.15, 0.2) is 0 Å². The maximum atomic E-state index is 12.5. The number of thiophene rings is 1. The minimum Gasteiger partial charge on any atom is -0.485 e. The summed E-state index contributed by atoms with van der Waals surface area (Å²) < 4.78 is 12.9. The Bertz CT molecular complexity index is 941. The van der Waals surface area contributed by atoms with E-state index in [0.717, 1.165) is 64.2 Å². The number of morpholine rings is 1. The van der Waals surface area contributed by atoms with Crippen LogP contribution < -0.4 is 10.1 Å². The quantitative estimate of drug-likeness (QED) is 0.521. The smallest absolute Gasteiger partial charge is 0.251 e. The minimum atomic E-state index is -0.346. The molecule has 1 N–H and O–H groups in total. The lowest BCUT2D eigenvalue weighted by atomic mass is 9.87. The normalized spacial score (nSPS) is 21.6. The molecule has 35 heavy (non-hydrogen) atoms. The summed E-state index contributed by atoms with van der Waals surface area (Å²) in [6.07, 6.45) is 3.55. The van der Waals surface area contributed by atoms with E-state index in [1.807, 2.05) is 18.9 Å². The predicted molar refractivity (Wildman–Crippen MR) is 142 cm³/mol. The van der Waals surface area contributed by atoms with Gasteiger partial charge in [0.05, 0.1) is 12.1 Å². The third-order valence-electron chi connectivity index (χ3n) is 7.36. The molecule has 2 aliphatic heterocycles. The number of nitrogens with zero attached hydrogens (tertiary/aromatic N) is 2. The standard InChI is InChI=1S/C28H41N3O3S/c1-21(2)31-20-28(34-22(3)27(31)32)13-17-30(18-14-28)16-12-23-8-5-6-9-24(23)33-25(11-15-29-4)26-10-7-19-35-26/h5-10,19,21-22,25,29H,11-18,20H2,1-4H3/t22?,25-/m0/s1. The van der Waals surface area contributed by atoms with Crippen molar-refractivity contribution in [1.29, 1.82) is 0 Å². The van der Waals surface area contributed by atoms with E-state index in [1.165, 1.54) is 10.4 Å².